The van der Waals surface area contributed by atoms with Crippen LogP contribution in [-0.4, -0.2) is 50.9 Å². The summed E-state index contributed by atoms with van der Waals surface area (Å²) in [5.41, 5.74) is 8.56. The third-order valence-corrected chi connectivity index (χ3v) is 8.20. The molecule has 3 aromatic rings. The molecule has 0 saturated carbocycles. The van der Waals surface area contributed by atoms with Gasteiger partial charge in [-0.1, -0.05) is 42.5 Å². The fourth-order valence-electron chi connectivity index (χ4n) is 6.21. The summed E-state index contributed by atoms with van der Waals surface area (Å²) in [5.74, 6) is 0.371. The number of nitrogens with zero attached hydrogens (tertiary/aromatic N) is 1. The second-order valence-corrected chi connectivity index (χ2v) is 10.9. The third-order valence-electron chi connectivity index (χ3n) is 8.20. The summed E-state index contributed by atoms with van der Waals surface area (Å²) in [7, 11) is 1.38. The van der Waals surface area contributed by atoms with Crippen molar-refractivity contribution < 1.29 is 27.4 Å². The van der Waals surface area contributed by atoms with Crippen LogP contribution in [0.2, 0.25) is 0 Å². The number of halogens is 3. The van der Waals surface area contributed by atoms with Crippen molar-refractivity contribution in [3.63, 3.8) is 0 Å². The molecule has 1 fully saturated rings. The smallest absolute Gasteiger partial charge is 0.387 e. The molecule has 4 nitrogen and oxygen atoms in total. The SMILES string of the molecule is COC(=O)c1ccc2c(c1)CCCC(c1cccc(OC(F)F)c1C)=C2c1ccc(CC2CN(CCCF)C2)cc1. The topological polar surface area (TPSA) is 38.8 Å². The Balaban J connectivity index is 1.54. The highest BCUT2D eigenvalue weighted by Gasteiger charge is 2.27. The lowest BCUT2D eigenvalue weighted by Gasteiger charge is -2.39. The van der Waals surface area contributed by atoms with Gasteiger partial charge in [0, 0.05) is 19.6 Å². The van der Waals surface area contributed by atoms with Crippen molar-refractivity contribution >= 4 is 17.1 Å². The van der Waals surface area contributed by atoms with E-state index in [0.717, 1.165) is 78.7 Å². The zero-order chi connectivity index (χ0) is 28.9. The summed E-state index contributed by atoms with van der Waals surface area (Å²) >= 11 is 0. The van der Waals surface area contributed by atoms with Gasteiger partial charge in [-0.3, -0.25) is 4.39 Å². The maximum atomic E-state index is 13.2. The van der Waals surface area contributed by atoms with Crippen molar-refractivity contribution in [3.8, 4) is 5.75 Å². The molecule has 7 heteroatoms. The highest BCUT2D eigenvalue weighted by molar-refractivity contribution is 6.01. The molecule has 1 aliphatic carbocycles. The standard InChI is InChI=1S/C34H36F3NO3/c1-22-28(7-4-9-31(22)41-34(36)37)30-8-3-6-26-19-27(33(39)40-2)14-15-29(26)32(30)25-12-10-23(11-13-25)18-24-20-38(21-24)17-5-16-35/h4,7,9-15,19,24,34H,3,5-6,8,16-18,20-21H2,1-2H3. The van der Waals surface area contributed by atoms with Gasteiger partial charge in [0.1, 0.15) is 5.75 Å². The second-order valence-electron chi connectivity index (χ2n) is 10.9. The van der Waals surface area contributed by atoms with Crippen LogP contribution in [0.25, 0.3) is 11.1 Å². The zero-order valence-corrected chi connectivity index (χ0v) is 23.6. The third kappa shape index (κ3) is 6.51. The number of rotatable bonds is 10. The molecule has 5 rings (SSSR count). The van der Waals surface area contributed by atoms with Gasteiger partial charge in [-0.25, -0.2) is 4.79 Å². The maximum Gasteiger partial charge on any atom is 0.387 e. The number of alkyl halides is 3. The van der Waals surface area contributed by atoms with Crippen LogP contribution in [-0.2, 0) is 17.6 Å². The van der Waals surface area contributed by atoms with E-state index >= 15 is 0 Å². The monoisotopic (exact) mass is 563 g/mol. The van der Waals surface area contributed by atoms with Gasteiger partial charge in [-0.05, 0) is 108 Å². The summed E-state index contributed by atoms with van der Waals surface area (Å²) in [6.07, 6.45) is 3.93. The van der Waals surface area contributed by atoms with Crippen LogP contribution >= 0.6 is 0 Å². The van der Waals surface area contributed by atoms with Crippen LogP contribution in [0, 0.1) is 12.8 Å². The first kappa shape index (κ1) is 28.9. The molecule has 0 N–H and O–H groups in total. The van der Waals surface area contributed by atoms with Crippen LogP contribution < -0.4 is 4.74 Å². The molecule has 0 aromatic heterocycles. The predicted octanol–water partition coefficient (Wildman–Crippen LogP) is 7.51. The Morgan fingerprint density at radius 3 is 2.51 bits per heavy atom. The minimum absolute atomic E-state index is 0.172. The molecule has 1 heterocycles. The fraction of sp³-hybridized carbons (Fsp3) is 0.382. The zero-order valence-electron chi connectivity index (χ0n) is 23.6. The number of hydrogen-bond acceptors (Lipinski definition) is 4. The van der Waals surface area contributed by atoms with E-state index in [2.05, 4.69) is 29.2 Å². The molecule has 216 valence electrons. The number of ether oxygens (including phenoxy) is 2. The van der Waals surface area contributed by atoms with Crippen LogP contribution in [0.4, 0.5) is 13.2 Å². The van der Waals surface area contributed by atoms with E-state index in [1.54, 1.807) is 18.2 Å². The summed E-state index contributed by atoms with van der Waals surface area (Å²) in [6.45, 7) is 1.48. The molecule has 0 bridgehead atoms. The molecular weight excluding hydrogens is 527 g/mol. The van der Waals surface area contributed by atoms with E-state index in [1.807, 2.05) is 25.1 Å². The van der Waals surface area contributed by atoms with E-state index in [1.165, 1.54) is 12.7 Å². The minimum Gasteiger partial charge on any atom is -0.465 e. The van der Waals surface area contributed by atoms with Gasteiger partial charge in [0.05, 0.1) is 19.3 Å². The lowest BCUT2D eigenvalue weighted by Crippen LogP contribution is -2.47. The summed E-state index contributed by atoms with van der Waals surface area (Å²) in [4.78, 5) is 14.6. The summed E-state index contributed by atoms with van der Waals surface area (Å²) in [6, 6.07) is 19.6. The Hall–Kier alpha value is -3.58. The Bertz CT molecular complexity index is 1410. The molecule has 0 atom stereocenters. The van der Waals surface area contributed by atoms with E-state index in [-0.39, 0.29) is 18.4 Å². The Morgan fingerprint density at radius 1 is 1.02 bits per heavy atom. The van der Waals surface area contributed by atoms with Crippen LogP contribution in [0.5, 0.6) is 5.75 Å². The van der Waals surface area contributed by atoms with E-state index in [4.69, 9.17) is 9.47 Å². The maximum absolute atomic E-state index is 13.2. The largest absolute Gasteiger partial charge is 0.465 e. The number of methoxy groups -OCH3 is 1. The molecular formula is C34H36F3NO3. The van der Waals surface area contributed by atoms with Crippen molar-refractivity contribution in [1.29, 1.82) is 0 Å². The van der Waals surface area contributed by atoms with E-state index in [0.29, 0.717) is 23.5 Å². The van der Waals surface area contributed by atoms with Crippen LogP contribution in [0.1, 0.15) is 63.0 Å². The van der Waals surface area contributed by atoms with Crippen molar-refractivity contribution in [1.82, 2.24) is 4.90 Å². The average molecular weight is 564 g/mol. The summed E-state index contributed by atoms with van der Waals surface area (Å²) < 4.78 is 48.6. The van der Waals surface area contributed by atoms with Crippen LogP contribution in [0.15, 0.2) is 60.7 Å². The normalized spacial score (nSPS) is 15.9. The second kappa shape index (κ2) is 12.9. The summed E-state index contributed by atoms with van der Waals surface area (Å²) in [5, 5.41) is 0. The Kier molecular flexibility index (Phi) is 9.13. The molecule has 1 saturated heterocycles. The number of hydrogen-bond donors (Lipinski definition) is 0. The fourth-order valence-corrected chi connectivity index (χ4v) is 6.21. The van der Waals surface area contributed by atoms with Crippen molar-refractivity contribution in [2.45, 2.75) is 45.6 Å². The first-order valence-electron chi connectivity index (χ1n) is 14.2. The average Bonchev–Trinajstić information content (AvgIpc) is 3.14. The lowest BCUT2D eigenvalue weighted by atomic mass is 9.85. The highest BCUT2D eigenvalue weighted by Crippen LogP contribution is 2.42. The number of fused-ring (bicyclic) bond motifs is 1. The predicted molar refractivity (Wildman–Crippen MR) is 155 cm³/mol. The molecule has 3 aromatic carbocycles. The molecule has 0 unspecified atom stereocenters. The highest BCUT2D eigenvalue weighted by atomic mass is 19.3. The lowest BCUT2D eigenvalue weighted by molar-refractivity contribution is -0.0503. The Labute approximate surface area is 239 Å². The minimum atomic E-state index is -2.90. The van der Waals surface area contributed by atoms with Gasteiger partial charge < -0.3 is 14.4 Å². The number of likely N-dealkylation sites (tertiary alicyclic amines) is 1. The number of aryl methyl sites for hydroxylation is 1. The number of allylic oxidation sites excluding steroid dienone is 1. The van der Waals surface area contributed by atoms with Gasteiger partial charge in [0.2, 0.25) is 0 Å². The van der Waals surface area contributed by atoms with Crippen molar-refractivity contribution in [3.05, 3.63) is 99.6 Å². The number of carbonyl (C=O) groups excluding carboxylic acids is 1. The van der Waals surface area contributed by atoms with Crippen LogP contribution in [0.3, 0.4) is 0 Å². The van der Waals surface area contributed by atoms with E-state index in [9.17, 15) is 18.0 Å². The van der Waals surface area contributed by atoms with Gasteiger partial charge >= 0.3 is 12.6 Å². The van der Waals surface area contributed by atoms with Gasteiger partial charge in [0.15, 0.2) is 0 Å². The molecule has 2 aliphatic rings. The number of carbonyl (C=O) groups is 1. The Morgan fingerprint density at radius 2 is 1.80 bits per heavy atom. The molecule has 1 aliphatic heterocycles. The molecule has 0 radical (unpaired) electrons. The van der Waals surface area contributed by atoms with Gasteiger partial charge in [-0.2, -0.15) is 8.78 Å². The van der Waals surface area contributed by atoms with E-state index < -0.39 is 6.61 Å². The first-order valence-corrected chi connectivity index (χ1v) is 14.2. The van der Waals surface area contributed by atoms with Crippen molar-refractivity contribution in [2.24, 2.45) is 5.92 Å². The van der Waals surface area contributed by atoms with Crippen molar-refractivity contribution in [2.75, 3.05) is 33.4 Å². The molecule has 41 heavy (non-hydrogen) atoms. The quantitative estimate of drug-likeness (QED) is 0.239. The van der Waals surface area contributed by atoms with Gasteiger partial charge in [0.25, 0.3) is 0 Å². The first-order chi connectivity index (χ1) is 19.9. The number of esters is 1. The number of benzene rings is 3. The molecule has 0 spiro atoms. The molecule has 0 amide bonds. The van der Waals surface area contributed by atoms with Gasteiger partial charge in [-0.15, -0.1) is 0 Å².